The van der Waals surface area contributed by atoms with Crippen molar-refractivity contribution in [2.75, 3.05) is 24.0 Å². The van der Waals surface area contributed by atoms with Crippen molar-refractivity contribution in [2.24, 2.45) is 0 Å². The summed E-state index contributed by atoms with van der Waals surface area (Å²) in [6.07, 6.45) is 1.45. The van der Waals surface area contributed by atoms with Gasteiger partial charge in [0.25, 0.3) is 0 Å². The van der Waals surface area contributed by atoms with E-state index in [2.05, 4.69) is 20.6 Å². The van der Waals surface area contributed by atoms with Crippen LogP contribution in [-0.2, 0) is 4.57 Å². The lowest BCUT2D eigenvalue weighted by Crippen LogP contribution is -2.10. The summed E-state index contributed by atoms with van der Waals surface area (Å²) in [5.74, 6) is -0.352. The van der Waals surface area contributed by atoms with E-state index in [0.717, 1.165) is 0 Å². The summed E-state index contributed by atoms with van der Waals surface area (Å²) < 4.78 is 12.5. The van der Waals surface area contributed by atoms with Gasteiger partial charge in [0.05, 0.1) is 17.4 Å². The van der Waals surface area contributed by atoms with Gasteiger partial charge in [0.15, 0.2) is 5.82 Å². The van der Waals surface area contributed by atoms with Gasteiger partial charge < -0.3 is 20.3 Å². The number of aromatic carboxylic acids is 1. The molecule has 0 aliphatic heterocycles. The zero-order chi connectivity index (χ0) is 20.3. The average molecular weight is 417 g/mol. The van der Waals surface area contributed by atoms with Crippen molar-refractivity contribution in [3.63, 3.8) is 0 Å². The van der Waals surface area contributed by atoms with Crippen LogP contribution in [0.3, 0.4) is 0 Å². The molecule has 0 bridgehead atoms. The van der Waals surface area contributed by atoms with Crippen molar-refractivity contribution in [3.8, 4) is 0 Å². The van der Waals surface area contributed by atoms with Gasteiger partial charge in [0.1, 0.15) is 12.2 Å². The van der Waals surface area contributed by atoms with Crippen molar-refractivity contribution in [2.45, 2.75) is 0 Å². The van der Waals surface area contributed by atoms with Crippen LogP contribution in [0, 0.1) is 0 Å². The van der Waals surface area contributed by atoms with Gasteiger partial charge in [-0.15, -0.1) is 0 Å². The van der Waals surface area contributed by atoms with Crippen LogP contribution < -0.4 is 15.9 Å². The zero-order valence-electron chi connectivity index (χ0n) is 15.2. The van der Waals surface area contributed by atoms with Crippen LogP contribution in [-0.4, -0.2) is 34.4 Å². The predicted octanol–water partition coefficient (Wildman–Crippen LogP) is 4.56. The third kappa shape index (κ3) is 4.68. The van der Waals surface area contributed by atoms with Crippen molar-refractivity contribution in [3.05, 3.63) is 65.3 Å². The van der Waals surface area contributed by atoms with Gasteiger partial charge >= 0.3 is 5.97 Å². The van der Waals surface area contributed by atoms with Crippen LogP contribution in [0.2, 0.25) is 5.02 Å². The van der Waals surface area contributed by atoms with Crippen LogP contribution in [0.15, 0.2) is 54.7 Å². The molecular formula is C19H18ClN4O3P. The second-order valence-electron chi connectivity index (χ2n) is 6.39. The minimum Gasteiger partial charge on any atom is -0.478 e. The number of carbonyl (C=O) groups is 1. The molecule has 1 aromatic heterocycles. The number of nitrogens with zero attached hydrogens (tertiary/aromatic N) is 2. The van der Waals surface area contributed by atoms with E-state index in [0.29, 0.717) is 27.5 Å². The van der Waals surface area contributed by atoms with Gasteiger partial charge in [0.2, 0.25) is 5.95 Å². The Labute approximate surface area is 167 Å². The van der Waals surface area contributed by atoms with Crippen LogP contribution in [0.25, 0.3) is 0 Å². The lowest BCUT2D eigenvalue weighted by atomic mass is 10.2. The van der Waals surface area contributed by atoms with E-state index in [4.69, 9.17) is 16.7 Å². The molecular weight excluding hydrogens is 399 g/mol. The van der Waals surface area contributed by atoms with Gasteiger partial charge in [-0.05, 0) is 49.7 Å². The second-order valence-corrected chi connectivity index (χ2v) is 9.98. The number of rotatable bonds is 6. The molecule has 0 saturated heterocycles. The fourth-order valence-corrected chi connectivity index (χ4v) is 3.81. The van der Waals surface area contributed by atoms with Gasteiger partial charge in [-0.1, -0.05) is 23.7 Å². The zero-order valence-corrected chi connectivity index (χ0v) is 16.8. The Morgan fingerprint density at radius 1 is 1.07 bits per heavy atom. The van der Waals surface area contributed by atoms with Gasteiger partial charge in [-0.3, -0.25) is 0 Å². The van der Waals surface area contributed by atoms with E-state index < -0.39 is 13.1 Å². The van der Waals surface area contributed by atoms with E-state index in [9.17, 15) is 9.36 Å². The number of carboxylic acid groups (broad SMARTS) is 1. The first-order valence-corrected chi connectivity index (χ1v) is 11.3. The highest BCUT2D eigenvalue weighted by Crippen LogP contribution is 2.38. The Balaban J connectivity index is 1.87. The van der Waals surface area contributed by atoms with Crippen LogP contribution in [0.1, 0.15) is 10.4 Å². The molecule has 144 valence electrons. The number of nitrogens with one attached hydrogen (secondary N) is 2. The van der Waals surface area contributed by atoms with Crippen LogP contribution in [0.5, 0.6) is 0 Å². The third-order valence-electron chi connectivity index (χ3n) is 3.87. The molecule has 1 heterocycles. The summed E-state index contributed by atoms with van der Waals surface area (Å²) in [6, 6.07) is 13.5. The van der Waals surface area contributed by atoms with Crippen molar-refractivity contribution in [1.82, 2.24) is 9.97 Å². The molecule has 3 aromatic rings. The summed E-state index contributed by atoms with van der Waals surface area (Å²) in [5, 5.41) is 16.1. The summed E-state index contributed by atoms with van der Waals surface area (Å²) in [5.41, 5.74) is 1.48. The number of halogens is 1. The number of hydrogen-bond donors (Lipinski definition) is 3. The Bertz CT molecular complexity index is 1070. The lowest BCUT2D eigenvalue weighted by molar-refractivity contribution is 0.0697. The summed E-state index contributed by atoms with van der Waals surface area (Å²) in [4.78, 5) is 19.4. The van der Waals surface area contributed by atoms with Crippen molar-refractivity contribution >= 4 is 53.2 Å². The number of benzene rings is 2. The minimum atomic E-state index is -2.50. The third-order valence-corrected chi connectivity index (χ3v) is 5.70. The van der Waals surface area contributed by atoms with Crippen molar-refractivity contribution < 1.29 is 14.5 Å². The molecule has 0 aliphatic carbocycles. The Kier molecular flexibility index (Phi) is 5.68. The molecule has 9 heteroatoms. The summed E-state index contributed by atoms with van der Waals surface area (Å²) in [7, 11) is -2.50. The van der Waals surface area contributed by atoms with E-state index in [1.165, 1.54) is 18.3 Å². The van der Waals surface area contributed by atoms with E-state index in [-0.39, 0.29) is 11.5 Å². The smallest absolute Gasteiger partial charge is 0.335 e. The quantitative estimate of drug-likeness (QED) is 0.506. The highest BCUT2D eigenvalue weighted by atomic mass is 35.5. The van der Waals surface area contributed by atoms with E-state index in [1.807, 2.05) is 18.2 Å². The maximum atomic E-state index is 12.5. The number of anilines is 4. The largest absolute Gasteiger partial charge is 0.478 e. The molecule has 7 nitrogen and oxygen atoms in total. The lowest BCUT2D eigenvalue weighted by Gasteiger charge is -2.15. The number of para-hydroxylation sites is 1. The topological polar surface area (TPSA) is 104 Å². The molecule has 3 rings (SSSR count). The minimum absolute atomic E-state index is 0.185. The highest BCUT2D eigenvalue weighted by molar-refractivity contribution is 7.70. The molecule has 0 saturated carbocycles. The molecule has 0 unspecified atom stereocenters. The first-order chi connectivity index (χ1) is 13.2. The summed E-state index contributed by atoms with van der Waals surface area (Å²) in [6.45, 7) is 3.39. The second kappa shape index (κ2) is 8.00. The number of carboxylic acids is 1. The molecule has 0 radical (unpaired) electrons. The molecule has 0 fully saturated rings. The van der Waals surface area contributed by atoms with Crippen LogP contribution >= 0.6 is 18.7 Å². The maximum Gasteiger partial charge on any atom is 0.335 e. The molecule has 0 spiro atoms. The van der Waals surface area contributed by atoms with Gasteiger partial charge in [-0.2, -0.15) is 4.98 Å². The Hall–Kier alpha value is -2.89. The summed E-state index contributed by atoms with van der Waals surface area (Å²) >= 11 is 6.22. The van der Waals surface area contributed by atoms with Crippen LogP contribution in [0.4, 0.5) is 23.1 Å². The molecule has 2 aromatic carbocycles. The number of aromatic nitrogens is 2. The molecule has 0 atom stereocenters. The fourth-order valence-electron chi connectivity index (χ4n) is 2.52. The molecule has 3 N–H and O–H groups in total. The monoisotopic (exact) mass is 416 g/mol. The van der Waals surface area contributed by atoms with Gasteiger partial charge in [-0.25, -0.2) is 9.78 Å². The van der Waals surface area contributed by atoms with E-state index in [1.54, 1.807) is 31.5 Å². The Morgan fingerprint density at radius 3 is 2.39 bits per heavy atom. The molecule has 0 amide bonds. The Morgan fingerprint density at radius 2 is 1.75 bits per heavy atom. The SMILES string of the molecule is CP(C)(=O)c1ccccc1Nc1nc(Nc2ccc(C(=O)O)cc2)ncc1Cl. The predicted molar refractivity (Wildman–Crippen MR) is 113 cm³/mol. The average Bonchev–Trinajstić information content (AvgIpc) is 2.64. The maximum absolute atomic E-state index is 12.5. The van der Waals surface area contributed by atoms with Gasteiger partial charge in [0, 0.05) is 11.0 Å². The first kappa shape index (κ1) is 19.9. The molecule has 28 heavy (non-hydrogen) atoms. The fraction of sp³-hybridized carbons (Fsp3) is 0.105. The highest BCUT2D eigenvalue weighted by Gasteiger charge is 2.17. The van der Waals surface area contributed by atoms with Crippen molar-refractivity contribution in [1.29, 1.82) is 0 Å². The van der Waals surface area contributed by atoms with E-state index >= 15 is 0 Å². The standard InChI is InChI=1S/C19H18ClN4O3P/c1-28(2,27)16-6-4-3-5-15(16)23-17-14(20)11-21-19(24-17)22-13-9-7-12(8-10-13)18(25)26/h3-11H,1-2H3,(H,25,26)(H2,21,22,23,24). The number of hydrogen-bond acceptors (Lipinski definition) is 6. The molecule has 0 aliphatic rings. The normalized spacial score (nSPS) is 11.1. The first-order valence-electron chi connectivity index (χ1n) is 8.28.